The minimum absolute atomic E-state index is 0.701. The predicted octanol–water partition coefficient (Wildman–Crippen LogP) is 3.21. The van der Waals surface area contributed by atoms with Gasteiger partial charge < -0.3 is 10.2 Å². The van der Waals surface area contributed by atoms with E-state index < -0.39 is 0 Å². The lowest BCUT2D eigenvalue weighted by molar-refractivity contribution is 0.278. The molecule has 2 unspecified atom stereocenters. The van der Waals surface area contributed by atoms with E-state index in [0.29, 0.717) is 6.04 Å². The molecule has 0 amide bonds. The number of hydrogen-bond acceptors (Lipinski definition) is 2. The molecule has 2 rings (SSSR count). The number of nitrogens with one attached hydrogen (secondary N) is 1. The van der Waals surface area contributed by atoms with Crippen molar-refractivity contribution >= 4 is 5.69 Å². The van der Waals surface area contributed by atoms with E-state index in [-0.39, 0.29) is 0 Å². The van der Waals surface area contributed by atoms with Crippen LogP contribution in [0.2, 0.25) is 0 Å². The van der Waals surface area contributed by atoms with Crippen molar-refractivity contribution in [1.82, 2.24) is 5.32 Å². The van der Waals surface area contributed by atoms with Gasteiger partial charge in [0.05, 0.1) is 0 Å². The summed E-state index contributed by atoms with van der Waals surface area (Å²) in [5, 5.41) is 3.49. The lowest BCUT2D eigenvalue weighted by Gasteiger charge is -2.35. The van der Waals surface area contributed by atoms with Crippen LogP contribution in [-0.4, -0.2) is 26.7 Å². The molecule has 2 nitrogen and oxygen atoms in total. The second-order valence-electron chi connectivity index (χ2n) is 5.66. The minimum atomic E-state index is 0.701. The van der Waals surface area contributed by atoms with Crippen LogP contribution in [0, 0.1) is 12.8 Å². The highest BCUT2D eigenvalue weighted by atomic mass is 15.1. The Balaban J connectivity index is 1.97. The Hall–Kier alpha value is -1.02. The summed E-state index contributed by atoms with van der Waals surface area (Å²) in [7, 11) is 4.32. The van der Waals surface area contributed by atoms with Crippen LogP contribution in [0.5, 0.6) is 0 Å². The molecule has 1 aliphatic carbocycles. The average Bonchev–Trinajstić information content (AvgIpc) is 2.40. The third-order valence-electron chi connectivity index (χ3n) is 4.26. The van der Waals surface area contributed by atoms with Crippen LogP contribution >= 0.6 is 0 Å². The highest BCUT2D eigenvalue weighted by molar-refractivity contribution is 5.46. The predicted molar refractivity (Wildman–Crippen MR) is 79.3 cm³/mol. The topological polar surface area (TPSA) is 15.3 Å². The third-order valence-corrected chi connectivity index (χ3v) is 4.26. The second kappa shape index (κ2) is 6.24. The molecule has 18 heavy (non-hydrogen) atoms. The van der Waals surface area contributed by atoms with E-state index in [1.165, 1.54) is 36.9 Å². The SMILES string of the molecule is CNC1CCCCC1CN(C)c1ccc(C)cc1. The first kappa shape index (κ1) is 13.4. The summed E-state index contributed by atoms with van der Waals surface area (Å²) < 4.78 is 0. The first-order valence-corrected chi connectivity index (χ1v) is 7.16. The Labute approximate surface area is 111 Å². The van der Waals surface area contributed by atoms with Crippen molar-refractivity contribution in [1.29, 1.82) is 0 Å². The molecule has 1 N–H and O–H groups in total. The monoisotopic (exact) mass is 246 g/mol. The molecule has 1 saturated carbocycles. The quantitative estimate of drug-likeness (QED) is 0.877. The molecule has 0 aromatic heterocycles. The van der Waals surface area contributed by atoms with Crippen LogP contribution in [0.1, 0.15) is 31.2 Å². The van der Waals surface area contributed by atoms with E-state index in [2.05, 4.69) is 55.5 Å². The number of anilines is 1. The fraction of sp³-hybridized carbons (Fsp3) is 0.625. The van der Waals surface area contributed by atoms with Crippen molar-refractivity contribution in [2.45, 2.75) is 38.6 Å². The van der Waals surface area contributed by atoms with Crippen LogP contribution in [0.3, 0.4) is 0 Å². The second-order valence-corrected chi connectivity index (χ2v) is 5.66. The van der Waals surface area contributed by atoms with Crippen molar-refractivity contribution in [2.75, 3.05) is 25.5 Å². The number of nitrogens with zero attached hydrogens (tertiary/aromatic N) is 1. The fourth-order valence-corrected chi connectivity index (χ4v) is 3.06. The maximum atomic E-state index is 3.49. The molecule has 100 valence electrons. The molecule has 2 atom stereocenters. The van der Waals surface area contributed by atoms with E-state index >= 15 is 0 Å². The molecule has 1 aromatic carbocycles. The molecule has 0 aliphatic heterocycles. The normalized spacial score (nSPS) is 23.9. The summed E-state index contributed by atoms with van der Waals surface area (Å²) in [5.41, 5.74) is 2.67. The molecule has 1 aliphatic rings. The van der Waals surface area contributed by atoms with Gasteiger partial charge in [0.1, 0.15) is 0 Å². The molecule has 1 fully saturated rings. The van der Waals surface area contributed by atoms with Gasteiger partial charge in [0.2, 0.25) is 0 Å². The van der Waals surface area contributed by atoms with Gasteiger partial charge in [-0.1, -0.05) is 30.5 Å². The third kappa shape index (κ3) is 3.26. The Morgan fingerprint density at radius 2 is 1.83 bits per heavy atom. The summed E-state index contributed by atoms with van der Waals surface area (Å²) in [6, 6.07) is 9.55. The number of rotatable bonds is 4. The van der Waals surface area contributed by atoms with Gasteiger partial charge >= 0.3 is 0 Å². The van der Waals surface area contributed by atoms with Crippen LogP contribution in [-0.2, 0) is 0 Å². The molecule has 0 heterocycles. The molecule has 0 spiro atoms. The number of aryl methyl sites for hydroxylation is 1. The zero-order chi connectivity index (χ0) is 13.0. The van der Waals surface area contributed by atoms with Gasteiger partial charge in [0.25, 0.3) is 0 Å². The van der Waals surface area contributed by atoms with Gasteiger partial charge in [0.15, 0.2) is 0 Å². The van der Waals surface area contributed by atoms with E-state index in [4.69, 9.17) is 0 Å². The van der Waals surface area contributed by atoms with Gasteiger partial charge in [0, 0.05) is 25.3 Å². The van der Waals surface area contributed by atoms with Crippen molar-refractivity contribution in [3.8, 4) is 0 Å². The summed E-state index contributed by atoms with van der Waals surface area (Å²) >= 11 is 0. The van der Waals surface area contributed by atoms with E-state index in [1.54, 1.807) is 0 Å². The van der Waals surface area contributed by atoms with Gasteiger partial charge in [-0.25, -0.2) is 0 Å². The summed E-state index contributed by atoms with van der Waals surface area (Å²) in [4.78, 5) is 2.40. The molecule has 0 radical (unpaired) electrons. The number of hydrogen-bond donors (Lipinski definition) is 1. The lowest BCUT2D eigenvalue weighted by Crippen LogP contribution is -2.42. The van der Waals surface area contributed by atoms with Crippen LogP contribution in [0.4, 0.5) is 5.69 Å². The van der Waals surface area contributed by atoms with Gasteiger partial charge in [-0.3, -0.25) is 0 Å². The van der Waals surface area contributed by atoms with Crippen LogP contribution in [0.15, 0.2) is 24.3 Å². The highest BCUT2D eigenvalue weighted by Crippen LogP contribution is 2.26. The maximum Gasteiger partial charge on any atom is 0.0363 e. The molecule has 1 aromatic rings. The zero-order valence-corrected chi connectivity index (χ0v) is 11.9. The number of benzene rings is 1. The fourth-order valence-electron chi connectivity index (χ4n) is 3.06. The molecular formula is C16H26N2. The largest absolute Gasteiger partial charge is 0.374 e. The summed E-state index contributed by atoms with van der Waals surface area (Å²) in [5.74, 6) is 0.787. The van der Waals surface area contributed by atoms with Gasteiger partial charge in [-0.15, -0.1) is 0 Å². The molecule has 2 heteroatoms. The van der Waals surface area contributed by atoms with Crippen LogP contribution in [0.25, 0.3) is 0 Å². The Morgan fingerprint density at radius 1 is 1.17 bits per heavy atom. The van der Waals surface area contributed by atoms with Crippen molar-refractivity contribution in [2.24, 2.45) is 5.92 Å². The van der Waals surface area contributed by atoms with E-state index in [0.717, 1.165) is 12.5 Å². The Kier molecular flexibility index (Phi) is 4.65. The van der Waals surface area contributed by atoms with Crippen molar-refractivity contribution in [3.63, 3.8) is 0 Å². The van der Waals surface area contributed by atoms with E-state index in [1.807, 2.05) is 0 Å². The molecule has 0 saturated heterocycles. The Bertz CT molecular complexity index is 358. The van der Waals surface area contributed by atoms with Gasteiger partial charge in [-0.2, -0.15) is 0 Å². The highest BCUT2D eigenvalue weighted by Gasteiger charge is 2.24. The Morgan fingerprint density at radius 3 is 2.50 bits per heavy atom. The minimum Gasteiger partial charge on any atom is -0.374 e. The maximum absolute atomic E-state index is 3.49. The lowest BCUT2D eigenvalue weighted by atomic mass is 9.84. The average molecular weight is 246 g/mol. The zero-order valence-electron chi connectivity index (χ0n) is 11.9. The van der Waals surface area contributed by atoms with Crippen molar-refractivity contribution in [3.05, 3.63) is 29.8 Å². The van der Waals surface area contributed by atoms with Crippen molar-refractivity contribution < 1.29 is 0 Å². The van der Waals surface area contributed by atoms with Crippen LogP contribution < -0.4 is 10.2 Å². The smallest absolute Gasteiger partial charge is 0.0363 e. The first-order valence-electron chi connectivity index (χ1n) is 7.16. The molecular weight excluding hydrogens is 220 g/mol. The van der Waals surface area contributed by atoms with E-state index in [9.17, 15) is 0 Å². The first-order chi connectivity index (χ1) is 8.70. The summed E-state index contributed by atoms with van der Waals surface area (Å²) in [6.45, 7) is 3.30. The molecule has 0 bridgehead atoms. The van der Waals surface area contributed by atoms with Gasteiger partial charge in [-0.05, 0) is 44.9 Å². The standard InChI is InChI=1S/C16H26N2/c1-13-8-10-15(11-9-13)18(3)12-14-6-4-5-7-16(14)17-2/h8-11,14,16-17H,4-7,12H2,1-3H3. The summed E-state index contributed by atoms with van der Waals surface area (Å²) in [6.07, 6.45) is 5.48.